The molecule has 0 heterocycles. The Kier molecular flexibility index (Phi) is 6.01. The molecule has 0 aliphatic carbocycles. The van der Waals surface area contributed by atoms with Crippen molar-refractivity contribution in [3.63, 3.8) is 0 Å². The highest BCUT2D eigenvalue weighted by Crippen LogP contribution is 2.25. The molecule has 0 fully saturated rings. The number of anilines is 1. The summed E-state index contributed by atoms with van der Waals surface area (Å²) in [5, 5.41) is 2.81. The summed E-state index contributed by atoms with van der Waals surface area (Å²) >= 11 is 0. The van der Waals surface area contributed by atoms with Gasteiger partial charge in [-0.1, -0.05) is 38.1 Å². The van der Waals surface area contributed by atoms with Crippen molar-refractivity contribution in [3.8, 4) is 11.5 Å². The van der Waals surface area contributed by atoms with Gasteiger partial charge in [-0.15, -0.1) is 0 Å². The molecule has 2 rings (SSSR count). The number of carbonyl (C=O) groups excluding carboxylic acids is 1. The third-order valence-electron chi connectivity index (χ3n) is 3.65. The molecule has 126 valence electrons. The first-order valence-electron chi connectivity index (χ1n) is 7.84. The lowest BCUT2D eigenvalue weighted by Crippen LogP contribution is -2.08. The Balaban J connectivity index is 2.04. The fourth-order valence-corrected chi connectivity index (χ4v) is 2.23. The highest BCUT2D eigenvalue weighted by Gasteiger charge is 2.04. The number of ether oxygens (including phenoxy) is 2. The molecule has 0 aliphatic heterocycles. The molecule has 0 bridgehead atoms. The Morgan fingerprint density at radius 1 is 1.00 bits per heavy atom. The zero-order chi connectivity index (χ0) is 17.5. The third-order valence-corrected chi connectivity index (χ3v) is 3.65. The first kappa shape index (κ1) is 17.6. The minimum Gasteiger partial charge on any atom is -0.497 e. The number of benzene rings is 2. The van der Waals surface area contributed by atoms with E-state index in [4.69, 9.17) is 9.47 Å². The Labute approximate surface area is 143 Å². The Bertz CT molecular complexity index is 696. The van der Waals surface area contributed by atoms with Gasteiger partial charge in [0.05, 0.1) is 14.2 Å². The van der Waals surface area contributed by atoms with Crippen LogP contribution in [0.3, 0.4) is 0 Å². The van der Waals surface area contributed by atoms with Crippen LogP contribution in [0, 0.1) is 0 Å². The van der Waals surface area contributed by atoms with Gasteiger partial charge in [0.15, 0.2) is 0 Å². The molecule has 4 heteroatoms. The summed E-state index contributed by atoms with van der Waals surface area (Å²) in [6.45, 7) is 4.31. The second-order valence-electron chi connectivity index (χ2n) is 5.75. The Morgan fingerprint density at radius 2 is 1.58 bits per heavy atom. The van der Waals surface area contributed by atoms with E-state index in [0.29, 0.717) is 23.1 Å². The van der Waals surface area contributed by atoms with E-state index in [0.717, 1.165) is 5.56 Å². The molecule has 0 spiro atoms. The molecule has 0 aliphatic rings. The van der Waals surface area contributed by atoms with E-state index in [2.05, 4.69) is 31.3 Å². The Hall–Kier alpha value is -2.75. The lowest BCUT2D eigenvalue weighted by molar-refractivity contribution is -0.111. The van der Waals surface area contributed by atoms with Crippen LogP contribution in [0.25, 0.3) is 6.08 Å². The van der Waals surface area contributed by atoms with Crippen LogP contribution in [-0.4, -0.2) is 20.1 Å². The molecule has 2 aromatic rings. The fourth-order valence-electron chi connectivity index (χ4n) is 2.23. The van der Waals surface area contributed by atoms with Gasteiger partial charge in [0.2, 0.25) is 5.91 Å². The minimum absolute atomic E-state index is 0.210. The standard InChI is InChI=1S/C20H23NO3/c1-14(2)16-8-5-15(6-9-16)7-10-20(22)21-17-11-18(23-3)13-19(12-17)24-4/h5-14H,1-4H3,(H,21,22)/b10-7+. The van der Waals surface area contributed by atoms with Gasteiger partial charge < -0.3 is 14.8 Å². The molecule has 0 radical (unpaired) electrons. The van der Waals surface area contributed by atoms with Crippen molar-refractivity contribution >= 4 is 17.7 Å². The van der Waals surface area contributed by atoms with Crippen LogP contribution in [0.2, 0.25) is 0 Å². The summed E-state index contributed by atoms with van der Waals surface area (Å²) in [6.07, 6.45) is 3.30. The summed E-state index contributed by atoms with van der Waals surface area (Å²) in [4.78, 5) is 12.1. The van der Waals surface area contributed by atoms with Crippen LogP contribution in [0.5, 0.6) is 11.5 Å². The first-order chi connectivity index (χ1) is 11.5. The minimum atomic E-state index is -0.210. The van der Waals surface area contributed by atoms with E-state index in [1.54, 1.807) is 38.5 Å². The number of carbonyl (C=O) groups is 1. The van der Waals surface area contributed by atoms with Crippen LogP contribution in [0.4, 0.5) is 5.69 Å². The molecular formula is C20H23NO3. The van der Waals surface area contributed by atoms with Crippen LogP contribution in [-0.2, 0) is 4.79 Å². The molecule has 1 N–H and O–H groups in total. The second kappa shape index (κ2) is 8.20. The van der Waals surface area contributed by atoms with Gasteiger partial charge >= 0.3 is 0 Å². The number of methoxy groups -OCH3 is 2. The van der Waals surface area contributed by atoms with E-state index in [1.165, 1.54) is 11.6 Å². The van der Waals surface area contributed by atoms with Crippen LogP contribution >= 0.6 is 0 Å². The van der Waals surface area contributed by atoms with Gasteiger partial charge in [-0.3, -0.25) is 4.79 Å². The van der Waals surface area contributed by atoms with Gasteiger partial charge in [0.1, 0.15) is 11.5 Å². The predicted molar refractivity (Wildman–Crippen MR) is 97.7 cm³/mol. The number of hydrogen-bond donors (Lipinski definition) is 1. The average molecular weight is 325 g/mol. The summed E-state index contributed by atoms with van der Waals surface area (Å²) in [5.74, 6) is 1.53. The lowest BCUT2D eigenvalue weighted by Gasteiger charge is -2.08. The first-order valence-corrected chi connectivity index (χ1v) is 7.84. The van der Waals surface area contributed by atoms with Gasteiger partial charge in [0.25, 0.3) is 0 Å². The van der Waals surface area contributed by atoms with Crippen molar-refractivity contribution in [1.82, 2.24) is 0 Å². The van der Waals surface area contributed by atoms with E-state index in [9.17, 15) is 4.79 Å². The van der Waals surface area contributed by atoms with E-state index < -0.39 is 0 Å². The van der Waals surface area contributed by atoms with E-state index in [1.807, 2.05) is 12.1 Å². The second-order valence-corrected chi connectivity index (χ2v) is 5.75. The third kappa shape index (κ3) is 4.88. The van der Waals surface area contributed by atoms with Crippen molar-refractivity contribution in [2.24, 2.45) is 0 Å². The van der Waals surface area contributed by atoms with Crippen molar-refractivity contribution < 1.29 is 14.3 Å². The highest BCUT2D eigenvalue weighted by molar-refractivity contribution is 6.02. The molecule has 4 nitrogen and oxygen atoms in total. The van der Waals surface area contributed by atoms with Crippen molar-refractivity contribution in [1.29, 1.82) is 0 Å². The number of nitrogens with one attached hydrogen (secondary N) is 1. The fraction of sp³-hybridized carbons (Fsp3) is 0.250. The Morgan fingerprint density at radius 3 is 2.08 bits per heavy atom. The summed E-state index contributed by atoms with van der Waals surface area (Å²) in [7, 11) is 3.14. The normalized spacial score (nSPS) is 10.9. The molecule has 0 saturated heterocycles. The lowest BCUT2D eigenvalue weighted by atomic mass is 10.0. The van der Waals surface area contributed by atoms with Crippen LogP contribution < -0.4 is 14.8 Å². The zero-order valence-corrected chi connectivity index (χ0v) is 14.5. The summed E-state index contributed by atoms with van der Waals surface area (Å²) in [5.41, 5.74) is 2.88. The summed E-state index contributed by atoms with van der Waals surface area (Å²) < 4.78 is 10.4. The SMILES string of the molecule is COc1cc(NC(=O)/C=C/c2ccc(C(C)C)cc2)cc(OC)c1. The molecular weight excluding hydrogens is 302 g/mol. The largest absolute Gasteiger partial charge is 0.497 e. The molecule has 0 saturated carbocycles. The van der Waals surface area contributed by atoms with E-state index in [-0.39, 0.29) is 5.91 Å². The van der Waals surface area contributed by atoms with Crippen molar-refractivity contribution in [2.75, 3.05) is 19.5 Å². The smallest absolute Gasteiger partial charge is 0.248 e. The van der Waals surface area contributed by atoms with Crippen LogP contribution in [0.1, 0.15) is 30.9 Å². The maximum absolute atomic E-state index is 12.1. The van der Waals surface area contributed by atoms with Crippen molar-refractivity contribution in [2.45, 2.75) is 19.8 Å². The average Bonchev–Trinajstić information content (AvgIpc) is 2.59. The predicted octanol–water partition coefficient (Wildman–Crippen LogP) is 4.48. The topological polar surface area (TPSA) is 47.6 Å². The molecule has 2 aromatic carbocycles. The number of hydrogen-bond acceptors (Lipinski definition) is 3. The molecule has 1 amide bonds. The quantitative estimate of drug-likeness (QED) is 0.797. The van der Waals surface area contributed by atoms with Gasteiger partial charge in [0, 0.05) is 30.0 Å². The monoisotopic (exact) mass is 325 g/mol. The van der Waals surface area contributed by atoms with Gasteiger partial charge in [-0.05, 0) is 23.1 Å². The highest BCUT2D eigenvalue weighted by atomic mass is 16.5. The number of rotatable bonds is 6. The van der Waals surface area contributed by atoms with Gasteiger partial charge in [-0.2, -0.15) is 0 Å². The number of amides is 1. The van der Waals surface area contributed by atoms with Crippen LogP contribution in [0.15, 0.2) is 48.5 Å². The summed E-state index contributed by atoms with van der Waals surface area (Å²) in [6, 6.07) is 13.4. The van der Waals surface area contributed by atoms with Crippen molar-refractivity contribution in [3.05, 3.63) is 59.7 Å². The zero-order valence-electron chi connectivity index (χ0n) is 14.5. The molecule has 0 atom stereocenters. The van der Waals surface area contributed by atoms with E-state index >= 15 is 0 Å². The molecule has 0 aromatic heterocycles. The maximum Gasteiger partial charge on any atom is 0.248 e. The maximum atomic E-state index is 12.1. The molecule has 0 unspecified atom stereocenters. The van der Waals surface area contributed by atoms with Gasteiger partial charge in [-0.25, -0.2) is 0 Å². The molecule has 24 heavy (non-hydrogen) atoms.